The van der Waals surface area contributed by atoms with Gasteiger partial charge in [0.1, 0.15) is 4.21 Å². The van der Waals surface area contributed by atoms with Gasteiger partial charge in [0.05, 0.1) is 13.0 Å². The Labute approximate surface area is 166 Å². The van der Waals surface area contributed by atoms with E-state index in [-0.39, 0.29) is 12.3 Å². The smallest absolute Gasteiger partial charge is 0.252 e. The third-order valence-electron chi connectivity index (χ3n) is 4.76. The molecule has 2 fully saturated rings. The second-order valence-corrected chi connectivity index (χ2v) is 10.6. The quantitative estimate of drug-likeness (QED) is 0.658. The van der Waals surface area contributed by atoms with E-state index in [0.29, 0.717) is 34.7 Å². The van der Waals surface area contributed by atoms with Crippen LogP contribution in [-0.4, -0.2) is 46.5 Å². The first-order chi connectivity index (χ1) is 12.9. The maximum atomic E-state index is 12.6. The average Bonchev–Trinajstić information content (AvgIpc) is 3.07. The summed E-state index contributed by atoms with van der Waals surface area (Å²) in [6.07, 6.45) is 4.12. The van der Waals surface area contributed by atoms with Crippen LogP contribution in [-0.2, 0) is 27.8 Å². The number of aromatic amines is 1. The molecule has 1 aliphatic heterocycles. The first kappa shape index (κ1) is 18.8. The molecule has 2 aromatic rings. The lowest BCUT2D eigenvalue weighted by atomic mass is 10.3. The van der Waals surface area contributed by atoms with Gasteiger partial charge >= 0.3 is 0 Å². The van der Waals surface area contributed by atoms with Gasteiger partial charge in [0.25, 0.3) is 10.0 Å². The van der Waals surface area contributed by atoms with Crippen molar-refractivity contribution in [1.82, 2.24) is 24.4 Å². The van der Waals surface area contributed by atoms with Gasteiger partial charge in [-0.15, -0.1) is 11.3 Å². The number of hydrogen-bond donors (Lipinski definition) is 2. The van der Waals surface area contributed by atoms with E-state index in [2.05, 4.69) is 15.5 Å². The van der Waals surface area contributed by atoms with E-state index in [1.165, 1.54) is 4.31 Å². The zero-order chi connectivity index (χ0) is 19.0. The van der Waals surface area contributed by atoms with Crippen LogP contribution in [0.3, 0.4) is 0 Å². The van der Waals surface area contributed by atoms with E-state index < -0.39 is 10.0 Å². The predicted octanol–water partition coefficient (Wildman–Crippen LogP) is 1.98. The first-order valence-corrected chi connectivity index (χ1v) is 11.6. The number of thiophene rings is 1. The monoisotopic (exact) mass is 427 g/mol. The summed E-state index contributed by atoms with van der Waals surface area (Å²) in [5, 5.41) is 9.80. The van der Waals surface area contributed by atoms with Crippen LogP contribution in [0.4, 0.5) is 0 Å². The van der Waals surface area contributed by atoms with E-state index in [1.54, 1.807) is 12.1 Å². The Morgan fingerprint density at radius 3 is 2.78 bits per heavy atom. The fraction of sp³-hybridized carbons (Fsp3) is 0.562. The SMILES string of the molecule is O=C(Cc1ccc(S(=O)(=O)N2CCCC2)s1)NCc1n[nH]c(=S)n1C1CC1. The molecule has 0 aromatic carbocycles. The predicted molar refractivity (Wildman–Crippen MR) is 104 cm³/mol. The average molecular weight is 428 g/mol. The summed E-state index contributed by atoms with van der Waals surface area (Å²) >= 11 is 6.39. The number of H-pyrrole nitrogens is 1. The van der Waals surface area contributed by atoms with Gasteiger partial charge in [0, 0.05) is 24.0 Å². The molecule has 1 amide bonds. The van der Waals surface area contributed by atoms with Crippen molar-refractivity contribution in [2.75, 3.05) is 13.1 Å². The molecule has 146 valence electrons. The minimum atomic E-state index is -3.42. The van der Waals surface area contributed by atoms with E-state index in [1.807, 2.05) is 4.57 Å². The fourth-order valence-corrected chi connectivity index (χ4v) is 6.54. The largest absolute Gasteiger partial charge is 0.348 e. The lowest BCUT2D eigenvalue weighted by Crippen LogP contribution is -2.27. The Bertz CT molecular complexity index is 997. The molecule has 0 unspecified atom stereocenters. The highest BCUT2D eigenvalue weighted by Gasteiger charge is 2.29. The molecular formula is C16H21N5O3S3. The third-order valence-corrected chi connectivity index (χ3v) is 8.50. The molecule has 0 bridgehead atoms. The molecule has 1 saturated heterocycles. The minimum Gasteiger partial charge on any atom is -0.348 e. The highest BCUT2D eigenvalue weighted by molar-refractivity contribution is 7.91. The van der Waals surface area contributed by atoms with Crippen molar-refractivity contribution in [2.24, 2.45) is 0 Å². The van der Waals surface area contributed by atoms with Crippen LogP contribution in [0.2, 0.25) is 0 Å². The molecule has 1 aliphatic carbocycles. The van der Waals surface area contributed by atoms with Crippen molar-refractivity contribution in [2.45, 2.75) is 48.9 Å². The molecule has 0 atom stereocenters. The van der Waals surface area contributed by atoms with Gasteiger partial charge in [-0.1, -0.05) is 0 Å². The normalized spacial score (nSPS) is 18.1. The molecule has 0 spiro atoms. The zero-order valence-electron chi connectivity index (χ0n) is 14.7. The number of carbonyl (C=O) groups excluding carboxylic acids is 1. The van der Waals surface area contributed by atoms with Crippen molar-refractivity contribution in [3.63, 3.8) is 0 Å². The number of nitrogens with zero attached hydrogens (tertiary/aromatic N) is 3. The summed E-state index contributed by atoms with van der Waals surface area (Å²) in [5.74, 6) is 0.553. The Morgan fingerprint density at radius 2 is 2.07 bits per heavy atom. The number of carbonyl (C=O) groups is 1. The van der Waals surface area contributed by atoms with Crippen LogP contribution >= 0.6 is 23.6 Å². The number of aromatic nitrogens is 3. The summed E-state index contributed by atoms with van der Waals surface area (Å²) in [5.41, 5.74) is 0. The molecule has 2 aliphatic rings. The summed E-state index contributed by atoms with van der Waals surface area (Å²) in [6, 6.07) is 3.70. The standard InChI is InChI=1S/C16H21N5O3S3/c22-14(17-10-13-18-19-16(25)21(13)11-3-4-11)9-12-5-6-15(26-12)27(23,24)20-7-1-2-8-20/h5-6,11H,1-4,7-10H2,(H,17,22)(H,19,25). The van der Waals surface area contributed by atoms with Gasteiger partial charge in [-0.3, -0.25) is 14.5 Å². The highest BCUT2D eigenvalue weighted by Crippen LogP contribution is 2.35. The number of hydrogen-bond acceptors (Lipinski definition) is 6. The Morgan fingerprint density at radius 1 is 1.33 bits per heavy atom. The van der Waals surface area contributed by atoms with Crippen LogP contribution in [0, 0.1) is 4.77 Å². The number of amides is 1. The van der Waals surface area contributed by atoms with Gasteiger partial charge < -0.3 is 5.32 Å². The second kappa shape index (κ2) is 7.46. The number of rotatable bonds is 7. The summed E-state index contributed by atoms with van der Waals surface area (Å²) in [6.45, 7) is 1.45. The second-order valence-electron chi connectivity index (χ2n) is 6.83. The van der Waals surface area contributed by atoms with Crippen molar-refractivity contribution in [3.8, 4) is 0 Å². The molecule has 2 aromatic heterocycles. The molecule has 3 heterocycles. The maximum Gasteiger partial charge on any atom is 0.252 e. The molecule has 27 heavy (non-hydrogen) atoms. The highest BCUT2D eigenvalue weighted by atomic mass is 32.2. The number of nitrogens with one attached hydrogen (secondary N) is 2. The molecule has 8 nitrogen and oxygen atoms in total. The van der Waals surface area contributed by atoms with E-state index in [9.17, 15) is 13.2 Å². The Kier molecular flexibility index (Phi) is 5.19. The fourth-order valence-electron chi connectivity index (χ4n) is 3.22. The minimum absolute atomic E-state index is 0.148. The van der Waals surface area contributed by atoms with Crippen LogP contribution in [0.25, 0.3) is 0 Å². The van der Waals surface area contributed by atoms with Gasteiger partial charge in [0.2, 0.25) is 5.91 Å². The van der Waals surface area contributed by atoms with Crippen LogP contribution in [0.5, 0.6) is 0 Å². The van der Waals surface area contributed by atoms with Crippen molar-refractivity contribution < 1.29 is 13.2 Å². The van der Waals surface area contributed by atoms with Crippen molar-refractivity contribution >= 4 is 39.5 Å². The van der Waals surface area contributed by atoms with Gasteiger partial charge in [-0.2, -0.15) is 9.40 Å². The van der Waals surface area contributed by atoms with Gasteiger partial charge in [-0.05, 0) is 50.0 Å². The molecular weight excluding hydrogens is 406 g/mol. The lowest BCUT2D eigenvalue weighted by molar-refractivity contribution is -0.120. The van der Waals surface area contributed by atoms with E-state index >= 15 is 0 Å². The Balaban J connectivity index is 1.36. The molecule has 2 N–H and O–H groups in total. The van der Waals surface area contributed by atoms with Crippen LogP contribution in [0.15, 0.2) is 16.3 Å². The maximum absolute atomic E-state index is 12.6. The first-order valence-electron chi connectivity index (χ1n) is 8.96. The van der Waals surface area contributed by atoms with Gasteiger partial charge in [-0.25, -0.2) is 8.42 Å². The zero-order valence-corrected chi connectivity index (χ0v) is 17.1. The van der Waals surface area contributed by atoms with E-state index in [0.717, 1.165) is 47.7 Å². The van der Waals surface area contributed by atoms with Crippen LogP contribution < -0.4 is 5.32 Å². The van der Waals surface area contributed by atoms with Crippen molar-refractivity contribution in [3.05, 3.63) is 27.6 Å². The van der Waals surface area contributed by atoms with E-state index in [4.69, 9.17) is 12.2 Å². The summed E-state index contributed by atoms with van der Waals surface area (Å²) < 4.78 is 29.5. The summed E-state index contributed by atoms with van der Waals surface area (Å²) in [7, 11) is -3.42. The summed E-state index contributed by atoms with van der Waals surface area (Å²) in [4.78, 5) is 13.0. The topological polar surface area (TPSA) is 100 Å². The van der Waals surface area contributed by atoms with Gasteiger partial charge in [0.15, 0.2) is 10.6 Å². The lowest BCUT2D eigenvalue weighted by Gasteiger charge is -2.13. The third kappa shape index (κ3) is 4.00. The van der Waals surface area contributed by atoms with Crippen LogP contribution in [0.1, 0.15) is 42.4 Å². The molecule has 4 rings (SSSR count). The Hall–Kier alpha value is -1.56. The van der Waals surface area contributed by atoms with Crippen molar-refractivity contribution in [1.29, 1.82) is 0 Å². The molecule has 0 radical (unpaired) electrons. The number of sulfonamides is 1. The molecule has 1 saturated carbocycles. The molecule has 11 heteroatoms.